The number of hydrogen-bond acceptors (Lipinski definition) is 4. The highest BCUT2D eigenvalue weighted by Gasteiger charge is 2.15. The van der Waals surface area contributed by atoms with E-state index in [0.29, 0.717) is 28.4 Å². The molecule has 0 fully saturated rings. The van der Waals surface area contributed by atoms with Crippen LogP contribution in [0, 0.1) is 0 Å². The first-order chi connectivity index (χ1) is 12.5. The highest BCUT2D eigenvalue weighted by molar-refractivity contribution is 6.13. The Balaban J connectivity index is 1.84. The van der Waals surface area contributed by atoms with Crippen LogP contribution >= 0.6 is 0 Å². The first-order valence-corrected chi connectivity index (χ1v) is 7.94. The summed E-state index contributed by atoms with van der Waals surface area (Å²) in [5.74, 6) is 0.733. The van der Waals surface area contributed by atoms with Gasteiger partial charge in [-0.15, -0.1) is 0 Å². The third-order valence-corrected chi connectivity index (χ3v) is 3.89. The number of benzene rings is 2. The fourth-order valence-electron chi connectivity index (χ4n) is 2.68. The van der Waals surface area contributed by atoms with Gasteiger partial charge in [0.1, 0.15) is 0 Å². The number of hydrogen-bond donors (Lipinski definition) is 3. The maximum absolute atomic E-state index is 12.6. The number of carbonyl (C=O) groups excluding carboxylic acids is 2. The maximum atomic E-state index is 12.6. The topological polar surface area (TPSA) is 92.5 Å². The van der Waals surface area contributed by atoms with E-state index in [4.69, 9.17) is 9.47 Å². The minimum absolute atomic E-state index is 0.148. The van der Waals surface area contributed by atoms with Crippen LogP contribution in [0.4, 0.5) is 11.4 Å². The van der Waals surface area contributed by atoms with Crippen molar-refractivity contribution in [2.24, 2.45) is 0 Å². The molecule has 0 radical (unpaired) electrons. The number of anilines is 2. The van der Waals surface area contributed by atoms with Crippen molar-refractivity contribution in [2.45, 2.75) is 6.92 Å². The van der Waals surface area contributed by atoms with Crippen LogP contribution in [0.1, 0.15) is 17.3 Å². The van der Waals surface area contributed by atoms with Gasteiger partial charge in [0.25, 0.3) is 5.91 Å². The van der Waals surface area contributed by atoms with E-state index in [1.165, 1.54) is 6.92 Å². The van der Waals surface area contributed by atoms with Gasteiger partial charge in [-0.2, -0.15) is 0 Å². The zero-order valence-electron chi connectivity index (χ0n) is 14.7. The van der Waals surface area contributed by atoms with Crippen molar-refractivity contribution < 1.29 is 19.1 Å². The summed E-state index contributed by atoms with van der Waals surface area (Å²) in [7, 11) is 3.11. The van der Waals surface area contributed by atoms with Crippen molar-refractivity contribution in [1.29, 1.82) is 0 Å². The molecule has 3 rings (SSSR count). The molecule has 0 aliphatic carbocycles. The Morgan fingerprint density at radius 1 is 0.923 bits per heavy atom. The van der Waals surface area contributed by atoms with Gasteiger partial charge in [-0.3, -0.25) is 9.59 Å². The van der Waals surface area contributed by atoms with Crippen LogP contribution in [0.15, 0.2) is 42.6 Å². The number of ether oxygens (including phenoxy) is 2. The van der Waals surface area contributed by atoms with Crippen LogP contribution in [0.2, 0.25) is 0 Å². The van der Waals surface area contributed by atoms with Gasteiger partial charge >= 0.3 is 0 Å². The first-order valence-electron chi connectivity index (χ1n) is 7.94. The summed E-state index contributed by atoms with van der Waals surface area (Å²) in [6.07, 6.45) is 1.64. The molecule has 3 aromatic rings. The molecule has 3 N–H and O–H groups in total. The molecule has 0 spiro atoms. The molecule has 2 aromatic carbocycles. The molecule has 1 heterocycles. The fraction of sp³-hybridized carbons (Fsp3) is 0.158. The van der Waals surface area contributed by atoms with E-state index >= 15 is 0 Å². The molecule has 0 unspecified atom stereocenters. The Bertz CT molecular complexity index is 961. The molecule has 134 valence electrons. The quantitative estimate of drug-likeness (QED) is 0.655. The van der Waals surface area contributed by atoms with Gasteiger partial charge < -0.3 is 25.1 Å². The van der Waals surface area contributed by atoms with Gasteiger partial charge in [0, 0.05) is 35.9 Å². The predicted molar refractivity (Wildman–Crippen MR) is 100 cm³/mol. The molecule has 0 aliphatic rings. The number of nitrogens with one attached hydrogen (secondary N) is 3. The molecule has 0 aliphatic heterocycles. The molecule has 2 amide bonds. The highest BCUT2D eigenvalue weighted by Crippen LogP contribution is 2.33. The highest BCUT2D eigenvalue weighted by atomic mass is 16.5. The monoisotopic (exact) mass is 353 g/mol. The molecule has 7 heteroatoms. The molecule has 0 bridgehead atoms. The van der Waals surface area contributed by atoms with E-state index in [1.54, 1.807) is 56.8 Å². The van der Waals surface area contributed by atoms with E-state index in [2.05, 4.69) is 15.6 Å². The summed E-state index contributed by atoms with van der Waals surface area (Å²) in [5, 5.41) is 6.25. The second-order valence-corrected chi connectivity index (χ2v) is 5.67. The van der Waals surface area contributed by atoms with Crippen molar-refractivity contribution >= 4 is 34.1 Å². The molecule has 26 heavy (non-hydrogen) atoms. The lowest BCUT2D eigenvalue weighted by molar-refractivity contribution is -0.114. The minimum Gasteiger partial charge on any atom is -0.493 e. The van der Waals surface area contributed by atoms with E-state index in [-0.39, 0.29) is 11.8 Å². The molecule has 0 saturated carbocycles. The van der Waals surface area contributed by atoms with Crippen molar-refractivity contribution in [3.05, 3.63) is 48.2 Å². The van der Waals surface area contributed by atoms with E-state index in [0.717, 1.165) is 10.9 Å². The third kappa shape index (κ3) is 3.46. The minimum atomic E-state index is -0.254. The number of methoxy groups -OCH3 is 2. The van der Waals surface area contributed by atoms with E-state index < -0.39 is 0 Å². The Kier molecular flexibility index (Phi) is 4.79. The Labute approximate surface area is 150 Å². The zero-order valence-corrected chi connectivity index (χ0v) is 14.7. The summed E-state index contributed by atoms with van der Waals surface area (Å²) in [5.41, 5.74) is 2.55. The molecular formula is C19H19N3O4. The van der Waals surface area contributed by atoms with E-state index in [1.807, 2.05) is 0 Å². The summed E-state index contributed by atoms with van der Waals surface area (Å²) < 4.78 is 10.6. The third-order valence-electron chi connectivity index (χ3n) is 3.89. The smallest absolute Gasteiger partial charge is 0.257 e. The van der Waals surface area contributed by atoms with Crippen LogP contribution < -0.4 is 20.1 Å². The van der Waals surface area contributed by atoms with Gasteiger partial charge in [-0.05, 0) is 30.3 Å². The number of aromatic amines is 1. The fourth-order valence-corrected chi connectivity index (χ4v) is 2.68. The average Bonchev–Trinajstić information content (AvgIpc) is 3.04. The number of aromatic nitrogens is 1. The first kappa shape index (κ1) is 17.3. The van der Waals surface area contributed by atoms with Crippen LogP contribution in [-0.4, -0.2) is 31.0 Å². The summed E-state index contributed by atoms with van der Waals surface area (Å²) in [6.45, 7) is 1.44. The lowest BCUT2D eigenvalue weighted by Crippen LogP contribution is -2.11. The Hall–Kier alpha value is -3.48. The van der Waals surface area contributed by atoms with Crippen LogP contribution in [0.5, 0.6) is 11.5 Å². The number of amides is 2. The lowest BCUT2D eigenvalue weighted by Gasteiger charge is -2.09. The standard InChI is InChI=1S/C19H19N3O4/c1-11(23)21-12-4-6-13(7-5-12)22-19(24)15-10-20-16-9-18(26-3)17(25-2)8-14(15)16/h4-10,20H,1-3H3,(H,21,23)(H,22,24). The van der Waals surface area contributed by atoms with Crippen LogP contribution in [-0.2, 0) is 4.79 Å². The lowest BCUT2D eigenvalue weighted by atomic mass is 10.1. The van der Waals surface area contributed by atoms with Crippen LogP contribution in [0.3, 0.4) is 0 Å². The van der Waals surface area contributed by atoms with Crippen molar-refractivity contribution in [2.75, 3.05) is 24.9 Å². The van der Waals surface area contributed by atoms with Crippen molar-refractivity contribution in [1.82, 2.24) is 4.98 Å². The molecule has 7 nitrogen and oxygen atoms in total. The molecule has 0 saturated heterocycles. The van der Waals surface area contributed by atoms with E-state index in [9.17, 15) is 9.59 Å². The zero-order chi connectivity index (χ0) is 18.7. The second-order valence-electron chi connectivity index (χ2n) is 5.67. The van der Waals surface area contributed by atoms with Crippen molar-refractivity contribution in [3.63, 3.8) is 0 Å². The van der Waals surface area contributed by atoms with Gasteiger partial charge in [0.15, 0.2) is 11.5 Å². The maximum Gasteiger partial charge on any atom is 0.257 e. The van der Waals surface area contributed by atoms with Gasteiger partial charge in [0.05, 0.1) is 25.3 Å². The Morgan fingerprint density at radius 3 is 2.08 bits per heavy atom. The van der Waals surface area contributed by atoms with Gasteiger partial charge in [-0.25, -0.2) is 0 Å². The summed E-state index contributed by atoms with van der Waals surface area (Å²) in [6, 6.07) is 10.4. The normalized spacial score (nSPS) is 10.4. The molecule has 0 atom stereocenters. The number of H-pyrrole nitrogens is 1. The largest absolute Gasteiger partial charge is 0.493 e. The SMILES string of the molecule is COc1cc2[nH]cc(C(=O)Nc3ccc(NC(C)=O)cc3)c2cc1OC. The number of fused-ring (bicyclic) bond motifs is 1. The van der Waals surface area contributed by atoms with Gasteiger partial charge in [0.2, 0.25) is 5.91 Å². The second kappa shape index (κ2) is 7.18. The number of rotatable bonds is 5. The molecule has 1 aromatic heterocycles. The summed E-state index contributed by atoms with van der Waals surface area (Å²) in [4.78, 5) is 26.8. The molecular weight excluding hydrogens is 334 g/mol. The number of carbonyl (C=O) groups is 2. The predicted octanol–water partition coefficient (Wildman–Crippen LogP) is 3.40. The Morgan fingerprint density at radius 2 is 1.50 bits per heavy atom. The van der Waals surface area contributed by atoms with Crippen molar-refractivity contribution in [3.8, 4) is 11.5 Å². The average molecular weight is 353 g/mol. The van der Waals surface area contributed by atoms with Gasteiger partial charge in [-0.1, -0.05) is 0 Å². The summed E-state index contributed by atoms with van der Waals surface area (Å²) >= 11 is 0. The van der Waals surface area contributed by atoms with Crippen LogP contribution in [0.25, 0.3) is 10.9 Å².